The van der Waals surface area contributed by atoms with E-state index in [1.165, 1.54) is 6.26 Å². The smallest absolute Gasteiger partial charge is 0.240 e. The maximum atomic E-state index is 12.3. The molecule has 1 heterocycles. The van der Waals surface area contributed by atoms with Crippen LogP contribution in [-0.4, -0.2) is 45.7 Å². The van der Waals surface area contributed by atoms with Crippen LogP contribution in [0.15, 0.2) is 57.0 Å². The van der Waals surface area contributed by atoms with Gasteiger partial charge in [0.05, 0.1) is 17.7 Å². The van der Waals surface area contributed by atoms with Crippen LogP contribution < -0.4 is 15.4 Å². The predicted octanol–water partition coefficient (Wildman–Crippen LogP) is 1.95. The van der Waals surface area contributed by atoms with Crippen LogP contribution in [0.4, 0.5) is 0 Å². The summed E-state index contributed by atoms with van der Waals surface area (Å²) >= 11 is 0. The zero-order valence-corrected chi connectivity index (χ0v) is 20.0. The fourth-order valence-corrected chi connectivity index (χ4v) is 3.44. The Balaban J connectivity index is 0.00000420. The molecule has 0 bridgehead atoms. The second-order valence-corrected chi connectivity index (χ2v) is 8.35. The normalized spacial score (nSPS) is 14.0. The Morgan fingerprint density at radius 1 is 1.17 bits per heavy atom. The molecule has 1 unspecified atom stereocenters. The first-order valence-electron chi connectivity index (χ1n) is 9.09. The molecular weight excluding hydrogens is 507 g/mol. The average Bonchev–Trinajstić information content (AvgIpc) is 3.19. The van der Waals surface area contributed by atoms with Crippen molar-refractivity contribution in [3.63, 3.8) is 0 Å². The zero-order chi connectivity index (χ0) is 20.6. The zero-order valence-electron chi connectivity index (χ0n) is 16.8. The lowest BCUT2D eigenvalue weighted by molar-refractivity contribution is 0.0437. The van der Waals surface area contributed by atoms with Crippen LogP contribution in [0.1, 0.15) is 25.2 Å². The largest absolute Gasteiger partial charge is 0.466 e. The van der Waals surface area contributed by atoms with E-state index in [4.69, 9.17) is 4.42 Å². The fraction of sp³-hybridized carbons (Fsp3) is 0.421. The predicted molar refractivity (Wildman–Crippen MR) is 124 cm³/mol. The first-order valence-corrected chi connectivity index (χ1v) is 10.6. The second-order valence-electron chi connectivity index (χ2n) is 6.58. The summed E-state index contributed by atoms with van der Waals surface area (Å²) in [4.78, 5) is 4.58. The van der Waals surface area contributed by atoms with Gasteiger partial charge in [-0.1, -0.05) is 17.7 Å². The van der Waals surface area contributed by atoms with Crippen molar-refractivity contribution in [1.82, 2.24) is 15.4 Å². The Kier molecular flexibility index (Phi) is 10.1. The van der Waals surface area contributed by atoms with Gasteiger partial charge in [0, 0.05) is 19.6 Å². The monoisotopic (exact) mass is 536 g/mol. The molecule has 0 aliphatic rings. The van der Waals surface area contributed by atoms with Crippen LogP contribution in [0.2, 0.25) is 0 Å². The van der Waals surface area contributed by atoms with E-state index in [1.807, 2.05) is 13.8 Å². The molecule has 10 heteroatoms. The summed E-state index contributed by atoms with van der Waals surface area (Å²) in [6.07, 6.45) is 1.50. The number of aryl methyl sites for hydroxylation is 1. The van der Waals surface area contributed by atoms with Gasteiger partial charge in [0.1, 0.15) is 11.4 Å². The molecule has 4 N–H and O–H groups in total. The van der Waals surface area contributed by atoms with Gasteiger partial charge in [0.2, 0.25) is 10.0 Å². The van der Waals surface area contributed by atoms with Crippen LogP contribution in [-0.2, 0) is 15.6 Å². The van der Waals surface area contributed by atoms with Crippen molar-refractivity contribution >= 4 is 40.0 Å². The maximum Gasteiger partial charge on any atom is 0.240 e. The van der Waals surface area contributed by atoms with Crippen molar-refractivity contribution in [3.8, 4) is 0 Å². The molecular formula is C19H29IN4O4S. The SMILES string of the molecule is CCNC(=NCC(C)(O)c1ccco1)NCCNS(=O)(=O)c1ccc(C)cc1.I. The molecule has 0 saturated heterocycles. The molecule has 0 saturated carbocycles. The number of sulfonamides is 1. The third-order valence-corrected chi connectivity index (χ3v) is 5.46. The van der Waals surface area contributed by atoms with Crippen LogP contribution in [0.25, 0.3) is 0 Å². The van der Waals surface area contributed by atoms with Crippen LogP contribution in [0, 0.1) is 6.92 Å². The molecule has 0 aliphatic carbocycles. The lowest BCUT2D eigenvalue weighted by Crippen LogP contribution is -2.42. The minimum atomic E-state index is -3.56. The van der Waals surface area contributed by atoms with E-state index in [0.29, 0.717) is 24.8 Å². The Bertz CT molecular complexity index is 866. The highest BCUT2D eigenvalue weighted by Gasteiger charge is 2.26. The van der Waals surface area contributed by atoms with Crippen molar-refractivity contribution in [2.45, 2.75) is 31.3 Å². The molecule has 1 aromatic carbocycles. The van der Waals surface area contributed by atoms with E-state index in [0.717, 1.165) is 5.56 Å². The van der Waals surface area contributed by atoms with Crippen LogP contribution >= 0.6 is 24.0 Å². The summed E-state index contributed by atoms with van der Waals surface area (Å²) in [5.74, 6) is 0.904. The quantitative estimate of drug-likeness (QED) is 0.169. The second kappa shape index (κ2) is 11.5. The number of rotatable bonds is 9. The molecule has 2 aromatic rings. The molecule has 1 aromatic heterocycles. The molecule has 0 radical (unpaired) electrons. The lowest BCUT2D eigenvalue weighted by atomic mass is 10.0. The summed E-state index contributed by atoms with van der Waals surface area (Å²) in [5.41, 5.74) is -0.239. The van der Waals surface area contributed by atoms with Crippen molar-refractivity contribution in [1.29, 1.82) is 0 Å². The van der Waals surface area contributed by atoms with Crippen molar-refractivity contribution in [2.24, 2.45) is 4.99 Å². The lowest BCUT2D eigenvalue weighted by Gasteiger charge is -2.19. The molecule has 0 aliphatic heterocycles. The number of guanidine groups is 1. The van der Waals surface area contributed by atoms with Gasteiger partial charge in [-0.2, -0.15) is 0 Å². The summed E-state index contributed by atoms with van der Waals surface area (Å²) in [6.45, 7) is 6.68. The number of halogens is 1. The number of nitrogens with zero attached hydrogens (tertiary/aromatic N) is 1. The number of hydrogen-bond donors (Lipinski definition) is 4. The third-order valence-electron chi connectivity index (χ3n) is 3.98. The fourth-order valence-electron chi connectivity index (χ4n) is 2.40. The van der Waals surface area contributed by atoms with Gasteiger partial charge < -0.3 is 20.2 Å². The topological polar surface area (TPSA) is 116 Å². The van der Waals surface area contributed by atoms with E-state index in [1.54, 1.807) is 43.3 Å². The van der Waals surface area contributed by atoms with Crippen LogP contribution in [0.5, 0.6) is 0 Å². The standard InChI is InChI=1S/C19H28N4O4S.HI/c1-4-20-18(22-14-19(3,24)17-6-5-13-27-17)21-11-12-23-28(25,26)16-9-7-15(2)8-10-16;/h5-10,13,23-24H,4,11-12,14H2,1-3H3,(H2,20,21,22);1H. The first-order chi connectivity index (χ1) is 13.2. The molecule has 2 rings (SSSR count). The Hall–Kier alpha value is -1.63. The van der Waals surface area contributed by atoms with E-state index < -0.39 is 15.6 Å². The summed E-state index contributed by atoms with van der Waals surface area (Å²) in [5, 5.41) is 16.6. The maximum absolute atomic E-state index is 12.3. The highest BCUT2D eigenvalue weighted by atomic mass is 127. The number of furan rings is 1. The summed E-state index contributed by atoms with van der Waals surface area (Å²) < 4.78 is 32.3. The van der Waals surface area contributed by atoms with Gasteiger partial charge in [-0.25, -0.2) is 18.1 Å². The minimum Gasteiger partial charge on any atom is -0.466 e. The van der Waals surface area contributed by atoms with Gasteiger partial charge in [0.15, 0.2) is 5.96 Å². The highest BCUT2D eigenvalue weighted by molar-refractivity contribution is 14.0. The van der Waals surface area contributed by atoms with E-state index in [2.05, 4.69) is 20.3 Å². The minimum absolute atomic E-state index is 0. The van der Waals surface area contributed by atoms with E-state index in [9.17, 15) is 13.5 Å². The van der Waals surface area contributed by atoms with Crippen molar-refractivity contribution in [3.05, 3.63) is 54.0 Å². The number of aliphatic hydroxyl groups is 1. The van der Waals surface area contributed by atoms with Crippen LogP contribution in [0.3, 0.4) is 0 Å². The molecule has 29 heavy (non-hydrogen) atoms. The molecule has 162 valence electrons. The number of aliphatic imine (C=N–C) groups is 1. The van der Waals surface area contributed by atoms with Gasteiger partial charge in [-0.3, -0.25) is 0 Å². The van der Waals surface area contributed by atoms with Crippen molar-refractivity contribution in [2.75, 3.05) is 26.2 Å². The Morgan fingerprint density at radius 3 is 2.45 bits per heavy atom. The number of benzene rings is 1. The molecule has 0 amide bonds. The number of hydrogen-bond acceptors (Lipinski definition) is 5. The van der Waals surface area contributed by atoms with E-state index in [-0.39, 0.29) is 42.0 Å². The third kappa shape index (κ3) is 7.96. The molecule has 0 fully saturated rings. The van der Waals surface area contributed by atoms with Gasteiger partial charge in [-0.15, -0.1) is 24.0 Å². The molecule has 0 spiro atoms. The Labute approximate surface area is 189 Å². The van der Waals surface area contributed by atoms with Gasteiger partial charge >= 0.3 is 0 Å². The first kappa shape index (κ1) is 25.4. The van der Waals surface area contributed by atoms with E-state index >= 15 is 0 Å². The highest BCUT2D eigenvalue weighted by Crippen LogP contribution is 2.21. The average molecular weight is 536 g/mol. The molecule has 1 atom stereocenters. The number of nitrogens with one attached hydrogen (secondary N) is 3. The van der Waals surface area contributed by atoms with Gasteiger partial charge in [-0.05, 0) is 45.0 Å². The molecule has 8 nitrogen and oxygen atoms in total. The summed E-state index contributed by atoms with van der Waals surface area (Å²) in [6, 6.07) is 10.1. The van der Waals surface area contributed by atoms with Gasteiger partial charge in [0.25, 0.3) is 0 Å². The Morgan fingerprint density at radius 2 is 1.86 bits per heavy atom. The summed E-state index contributed by atoms with van der Waals surface area (Å²) in [7, 11) is -3.56. The van der Waals surface area contributed by atoms with Crippen molar-refractivity contribution < 1.29 is 17.9 Å².